The van der Waals surface area contributed by atoms with Crippen molar-refractivity contribution < 1.29 is 8.78 Å². The number of benzene rings is 1. The van der Waals surface area contributed by atoms with Gasteiger partial charge in [-0.25, -0.2) is 8.78 Å². The highest BCUT2D eigenvalue weighted by Gasteiger charge is 2.15. The van der Waals surface area contributed by atoms with E-state index in [1.54, 1.807) is 6.08 Å². The minimum atomic E-state index is -0.544. The summed E-state index contributed by atoms with van der Waals surface area (Å²) in [6.45, 7) is 0. The average Bonchev–Trinajstić information content (AvgIpc) is 2.56. The van der Waals surface area contributed by atoms with Crippen molar-refractivity contribution in [2.45, 2.75) is 25.3 Å². The molecule has 1 atom stereocenters. The molecule has 1 nitrogen and oxygen atoms in total. The van der Waals surface area contributed by atoms with Gasteiger partial charge in [-0.2, -0.15) is 0 Å². The third-order valence-corrected chi connectivity index (χ3v) is 2.68. The van der Waals surface area contributed by atoms with Crippen molar-refractivity contribution in [2.75, 3.05) is 0 Å². The zero-order chi connectivity index (χ0) is 10.8. The SMILES string of the molecule is NC1CCC(=Cc2ccc(F)cc2F)C1. The third kappa shape index (κ3) is 2.42. The molecule has 80 valence electrons. The molecule has 0 radical (unpaired) electrons. The van der Waals surface area contributed by atoms with Gasteiger partial charge in [0.15, 0.2) is 0 Å². The summed E-state index contributed by atoms with van der Waals surface area (Å²) in [6.07, 6.45) is 4.46. The van der Waals surface area contributed by atoms with Crippen LogP contribution in [0.3, 0.4) is 0 Å². The van der Waals surface area contributed by atoms with Gasteiger partial charge < -0.3 is 5.73 Å². The van der Waals surface area contributed by atoms with Crippen LogP contribution < -0.4 is 5.73 Å². The molecule has 2 N–H and O–H groups in total. The summed E-state index contributed by atoms with van der Waals surface area (Å²) in [7, 11) is 0. The number of rotatable bonds is 1. The number of halogens is 2. The lowest BCUT2D eigenvalue weighted by molar-refractivity contribution is 0.581. The van der Waals surface area contributed by atoms with E-state index >= 15 is 0 Å². The molecule has 1 aromatic rings. The van der Waals surface area contributed by atoms with E-state index in [1.165, 1.54) is 12.1 Å². The lowest BCUT2D eigenvalue weighted by atomic mass is 10.1. The van der Waals surface area contributed by atoms with Crippen LogP contribution in [0.1, 0.15) is 24.8 Å². The maximum Gasteiger partial charge on any atom is 0.133 e. The van der Waals surface area contributed by atoms with Crippen molar-refractivity contribution in [3.8, 4) is 0 Å². The molecule has 3 heteroatoms. The molecular formula is C12H13F2N. The van der Waals surface area contributed by atoms with E-state index in [4.69, 9.17) is 5.73 Å². The fraction of sp³-hybridized carbons (Fsp3) is 0.333. The monoisotopic (exact) mass is 209 g/mol. The lowest BCUT2D eigenvalue weighted by Crippen LogP contribution is -2.13. The Labute approximate surface area is 87.6 Å². The second kappa shape index (κ2) is 4.11. The zero-order valence-corrected chi connectivity index (χ0v) is 8.34. The molecule has 1 aliphatic rings. The van der Waals surface area contributed by atoms with Gasteiger partial charge in [-0.1, -0.05) is 11.6 Å². The number of nitrogens with two attached hydrogens (primary N) is 1. The Kier molecular flexibility index (Phi) is 2.82. The predicted octanol–water partition coefficient (Wildman–Crippen LogP) is 2.86. The summed E-state index contributed by atoms with van der Waals surface area (Å²) in [5.74, 6) is -1.05. The summed E-state index contributed by atoms with van der Waals surface area (Å²) < 4.78 is 25.9. The topological polar surface area (TPSA) is 26.0 Å². The van der Waals surface area contributed by atoms with E-state index in [0.717, 1.165) is 30.9 Å². The van der Waals surface area contributed by atoms with Crippen LogP contribution in [0, 0.1) is 11.6 Å². The maximum atomic E-state index is 13.3. The first-order valence-electron chi connectivity index (χ1n) is 5.05. The van der Waals surface area contributed by atoms with Crippen molar-refractivity contribution in [3.63, 3.8) is 0 Å². The Bertz CT molecular complexity index is 399. The van der Waals surface area contributed by atoms with Gasteiger partial charge in [-0.05, 0) is 31.4 Å². The number of hydrogen-bond acceptors (Lipinski definition) is 1. The third-order valence-electron chi connectivity index (χ3n) is 2.68. The van der Waals surface area contributed by atoms with E-state index in [2.05, 4.69) is 0 Å². The second-order valence-corrected chi connectivity index (χ2v) is 3.97. The molecule has 0 saturated heterocycles. The van der Waals surface area contributed by atoms with Crippen LogP contribution in [0.2, 0.25) is 0 Å². The van der Waals surface area contributed by atoms with Gasteiger partial charge in [0.2, 0.25) is 0 Å². The van der Waals surface area contributed by atoms with E-state index in [0.29, 0.717) is 5.56 Å². The molecule has 1 saturated carbocycles. The largest absolute Gasteiger partial charge is 0.327 e. The molecule has 0 amide bonds. The molecule has 0 aliphatic heterocycles. The minimum absolute atomic E-state index is 0.194. The molecule has 0 aromatic heterocycles. The van der Waals surface area contributed by atoms with Crippen LogP contribution in [-0.4, -0.2) is 6.04 Å². The Morgan fingerprint density at radius 3 is 2.73 bits per heavy atom. The Balaban J connectivity index is 2.24. The van der Waals surface area contributed by atoms with Gasteiger partial charge in [-0.3, -0.25) is 0 Å². The molecule has 2 rings (SSSR count). The Morgan fingerprint density at radius 1 is 1.33 bits per heavy atom. The Hall–Kier alpha value is -1.22. The lowest BCUT2D eigenvalue weighted by Gasteiger charge is -2.00. The van der Waals surface area contributed by atoms with Crippen LogP contribution in [0.5, 0.6) is 0 Å². The van der Waals surface area contributed by atoms with Crippen LogP contribution in [-0.2, 0) is 0 Å². The normalized spacial score (nSPS) is 23.7. The second-order valence-electron chi connectivity index (χ2n) is 3.97. The van der Waals surface area contributed by atoms with Crippen LogP contribution in [0.15, 0.2) is 23.8 Å². The highest BCUT2D eigenvalue weighted by Crippen LogP contribution is 2.26. The van der Waals surface area contributed by atoms with Gasteiger partial charge >= 0.3 is 0 Å². The quantitative estimate of drug-likeness (QED) is 0.756. The van der Waals surface area contributed by atoms with Crippen LogP contribution in [0.25, 0.3) is 6.08 Å². The number of hydrogen-bond donors (Lipinski definition) is 1. The van der Waals surface area contributed by atoms with Gasteiger partial charge in [-0.15, -0.1) is 0 Å². The first-order chi connectivity index (χ1) is 7.15. The van der Waals surface area contributed by atoms with E-state index in [-0.39, 0.29) is 6.04 Å². The fourth-order valence-corrected chi connectivity index (χ4v) is 1.88. The first-order valence-corrected chi connectivity index (χ1v) is 5.05. The zero-order valence-electron chi connectivity index (χ0n) is 8.34. The summed E-state index contributed by atoms with van der Waals surface area (Å²) in [5, 5.41) is 0. The molecule has 1 aliphatic carbocycles. The van der Waals surface area contributed by atoms with Crippen molar-refractivity contribution in [1.82, 2.24) is 0 Å². The average molecular weight is 209 g/mol. The minimum Gasteiger partial charge on any atom is -0.327 e. The molecule has 0 bridgehead atoms. The van der Waals surface area contributed by atoms with E-state index in [1.807, 2.05) is 0 Å². The van der Waals surface area contributed by atoms with Crippen molar-refractivity contribution >= 4 is 6.08 Å². The molecule has 0 spiro atoms. The van der Waals surface area contributed by atoms with Crippen LogP contribution >= 0.6 is 0 Å². The molecule has 0 heterocycles. The maximum absolute atomic E-state index is 13.3. The molecule has 15 heavy (non-hydrogen) atoms. The van der Waals surface area contributed by atoms with Gasteiger partial charge in [0, 0.05) is 17.7 Å². The van der Waals surface area contributed by atoms with Crippen molar-refractivity contribution in [2.24, 2.45) is 5.73 Å². The first kappa shape index (κ1) is 10.3. The Morgan fingerprint density at radius 2 is 2.13 bits per heavy atom. The van der Waals surface area contributed by atoms with Crippen molar-refractivity contribution in [3.05, 3.63) is 41.0 Å². The van der Waals surface area contributed by atoms with Gasteiger partial charge in [0.05, 0.1) is 0 Å². The van der Waals surface area contributed by atoms with E-state index < -0.39 is 11.6 Å². The summed E-state index contributed by atoms with van der Waals surface area (Å²) >= 11 is 0. The predicted molar refractivity (Wildman–Crippen MR) is 56.2 cm³/mol. The summed E-state index contributed by atoms with van der Waals surface area (Å²) in [4.78, 5) is 0. The van der Waals surface area contributed by atoms with E-state index in [9.17, 15) is 8.78 Å². The standard InChI is InChI=1S/C12H13F2N/c13-10-3-2-9(12(14)7-10)5-8-1-4-11(15)6-8/h2-3,5,7,11H,1,4,6,15H2. The fourth-order valence-electron chi connectivity index (χ4n) is 1.88. The highest BCUT2D eigenvalue weighted by molar-refractivity contribution is 5.54. The van der Waals surface area contributed by atoms with Gasteiger partial charge in [0.1, 0.15) is 11.6 Å². The van der Waals surface area contributed by atoms with Gasteiger partial charge in [0.25, 0.3) is 0 Å². The molecular weight excluding hydrogens is 196 g/mol. The molecule has 1 fully saturated rings. The molecule has 1 unspecified atom stereocenters. The molecule has 1 aromatic carbocycles. The van der Waals surface area contributed by atoms with Crippen molar-refractivity contribution in [1.29, 1.82) is 0 Å². The van der Waals surface area contributed by atoms with Crippen LogP contribution in [0.4, 0.5) is 8.78 Å². The highest BCUT2D eigenvalue weighted by atomic mass is 19.1. The summed E-state index contributed by atoms with van der Waals surface area (Å²) in [5.41, 5.74) is 7.34. The smallest absolute Gasteiger partial charge is 0.133 e. The summed E-state index contributed by atoms with van der Waals surface area (Å²) in [6, 6.07) is 3.83.